The molecule has 30 heavy (non-hydrogen) atoms. The summed E-state index contributed by atoms with van der Waals surface area (Å²) in [4.78, 5) is 4.60. The van der Waals surface area contributed by atoms with Crippen molar-refractivity contribution in [1.29, 1.82) is 0 Å². The van der Waals surface area contributed by atoms with Crippen LogP contribution in [0.25, 0.3) is 10.8 Å². The largest absolute Gasteiger partial charge is 0.496 e. The van der Waals surface area contributed by atoms with Crippen molar-refractivity contribution in [2.75, 3.05) is 27.3 Å². The molecule has 1 heterocycles. The fourth-order valence-electron chi connectivity index (χ4n) is 3.84. The van der Waals surface area contributed by atoms with Crippen molar-refractivity contribution < 1.29 is 17.9 Å². The van der Waals surface area contributed by atoms with Gasteiger partial charge >= 0.3 is 0 Å². The highest BCUT2D eigenvalue weighted by Crippen LogP contribution is 2.34. The van der Waals surface area contributed by atoms with Crippen LogP contribution in [0.2, 0.25) is 0 Å². The second-order valence-corrected chi connectivity index (χ2v) is 8.99. The van der Waals surface area contributed by atoms with E-state index in [-0.39, 0.29) is 4.90 Å². The van der Waals surface area contributed by atoms with Gasteiger partial charge in [0.1, 0.15) is 22.2 Å². The minimum atomic E-state index is -3.86. The zero-order valence-electron chi connectivity index (χ0n) is 17.3. The number of ether oxygens (including phenoxy) is 2. The summed E-state index contributed by atoms with van der Waals surface area (Å²) in [5.74, 6) is 1.33. The first-order chi connectivity index (χ1) is 14.5. The number of hydrogen-bond donors (Lipinski definition) is 0. The quantitative estimate of drug-likeness (QED) is 0.603. The van der Waals surface area contributed by atoms with Crippen molar-refractivity contribution >= 4 is 26.6 Å². The minimum Gasteiger partial charge on any atom is -0.496 e. The van der Waals surface area contributed by atoms with Gasteiger partial charge in [0.15, 0.2) is 0 Å². The number of aryl methyl sites for hydroxylation is 1. The third-order valence-corrected chi connectivity index (χ3v) is 7.21. The smallest absolute Gasteiger partial charge is 0.269 e. The number of amidine groups is 1. The normalized spacial score (nSPS) is 14.1. The maximum absolute atomic E-state index is 13.6. The second kappa shape index (κ2) is 7.99. The first kappa shape index (κ1) is 20.2. The maximum Gasteiger partial charge on any atom is 0.269 e. The Morgan fingerprint density at radius 3 is 2.50 bits per heavy atom. The summed E-state index contributed by atoms with van der Waals surface area (Å²) >= 11 is 0. The van der Waals surface area contributed by atoms with Crippen LogP contribution in [0.5, 0.6) is 11.5 Å². The predicted molar refractivity (Wildman–Crippen MR) is 118 cm³/mol. The third-order valence-electron chi connectivity index (χ3n) is 5.36. The molecule has 3 aromatic rings. The summed E-state index contributed by atoms with van der Waals surface area (Å²) in [7, 11) is -0.866. The Balaban J connectivity index is 1.73. The van der Waals surface area contributed by atoms with Crippen LogP contribution in [0, 0.1) is 6.92 Å². The first-order valence-electron chi connectivity index (χ1n) is 9.71. The van der Waals surface area contributed by atoms with Crippen LogP contribution >= 0.6 is 0 Å². The van der Waals surface area contributed by atoms with E-state index in [4.69, 9.17) is 9.47 Å². The van der Waals surface area contributed by atoms with Crippen LogP contribution in [0.15, 0.2) is 64.5 Å². The lowest BCUT2D eigenvalue weighted by Crippen LogP contribution is -2.35. The average molecular weight is 425 g/mol. The Morgan fingerprint density at radius 2 is 1.73 bits per heavy atom. The Kier molecular flexibility index (Phi) is 5.39. The van der Waals surface area contributed by atoms with E-state index in [0.29, 0.717) is 36.8 Å². The summed E-state index contributed by atoms with van der Waals surface area (Å²) in [5, 5.41) is 2.22. The van der Waals surface area contributed by atoms with Crippen molar-refractivity contribution in [1.82, 2.24) is 4.31 Å². The molecule has 0 amide bonds. The number of fused-ring (bicyclic) bond motifs is 1. The molecule has 0 spiro atoms. The van der Waals surface area contributed by atoms with E-state index in [2.05, 4.69) is 4.99 Å². The van der Waals surface area contributed by atoms with E-state index in [9.17, 15) is 8.42 Å². The zero-order chi connectivity index (χ0) is 21.3. The molecule has 0 aromatic heterocycles. The number of benzene rings is 3. The SMILES string of the molecule is COc1cc(S(=O)(=O)N2CCN=C2Cc2cccc3ccccc23)c(OC)cc1C. The molecule has 3 aromatic carbocycles. The van der Waals surface area contributed by atoms with Crippen molar-refractivity contribution in [3.05, 3.63) is 65.7 Å². The lowest BCUT2D eigenvalue weighted by atomic mass is 10.0. The summed E-state index contributed by atoms with van der Waals surface area (Å²) < 4.78 is 39.3. The third kappa shape index (κ3) is 3.50. The zero-order valence-corrected chi connectivity index (χ0v) is 18.1. The van der Waals surface area contributed by atoms with Gasteiger partial charge in [-0.05, 0) is 34.9 Å². The number of aliphatic imine (C=N–C) groups is 1. The van der Waals surface area contributed by atoms with E-state index in [1.165, 1.54) is 24.6 Å². The highest BCUT2D eigenvalue weighted by atomic mass is 32.2. The van der Waals surface area contributed by atoms with Gasteiger partial charge in [0, 0.05) is 12.5 Å². The topological polar surface area (TPSA) is 68.2 Å². The van der Waals surface area contributed by atoms with Gasteiger partial charge in [-0.15, -0.1) is 0 Å². The molecule has 0 aliphatic carbocycles. The van der Waals surface area contributed by atoms with Crippen molar-refractivity contribution in [3.8, 4) is 11.5 Å². The van der Waals surface area contributed by atoms with Crippen molar-refractivity contribution in [3.63, 3.8) is 0 Å². The van der Waals surface area contributed by atoms with Gasteiger partial charge in [-0.2, -0.15) is 0 Å². The molecule has 0 fully saturated rings. The average Bonchev–Trinajstić information content (AvgIpc) is 3.22. The molecular weight excluding hydrogens is 400 g/mol. The van der Waals surface area contributed by atoms with Gasteiger partial charge in [0.2, 0.25) is 0 Å². The van der Waals surface area contributed by atoms with Gasteiger partial charge < -0.3 is 9.47 Å². The van der Waals surface area contributed by atoms with Crippen LogP contribution in [0.3, 0.4) is 0 Å². The maximum atomic E-state index is 13.6. The molecule has 156 valence electrons. The number of nitrogens with zero attached hydrogens (tertiary/aromatic N) is 2. The van der Waals surface area contributed by atoms with Crippen LogP contribution in [-0.2, 0) is 16.4 Å². The summed E-state index contributed by atoms with van der Waals surface area (Å²) in [6.45, 7) is 2.59. The van der Waals surface area contributed by atoms with Gasteiger partial charge in [0.05, 0.1) is 27.3 Å². The fraction of sp³-hybridized carbons (Fsp3) is 0.261. The van der Waals surface area contributed by atoms with E-state index >= 15 is 0 Å². The molecule has 6 nitrogen and oxygen atoms in total. The summed E-state index contributed by atoms with van der Waals surface area (Å²) in [5.41, 5.74) is 1.85. The molecule has 0 atom stereocenters. The van der Waals surface area contributed by atoms with E-state index in [1.807, 2.05) is 49.4 Å². The molecule has 1 aliphatic heterocycles. The Bertz CT molecular complexity index is 1230. The Hall–Kier alpha value is -3.06. The van der Waals surface area contributed by atoms with Crippen molar-refractivity contribution in [2.45, 2.75) is 18.2 Å². The molecule has 0 saturated heterocycles. The lowest BCUT2D eigenvalue weighted by molar-refractivity contribution is 0.388. The Morgan fingerprint density at radius 1 is 1.00 bits per heavy atom. The van der Waals surface area contributed by atoms with Crippen molar-refractivity contribution in [2.24, 2.45) is 4.99 Å². The van der Waals surface area contributed by atoms with E-state index in [0.717, 1.165) is 21.9 Å². The number of sulfonamides is 1. The first-order valence-corrected chi connectivity index (χ1v) is 11.1. The van der Waals surface area contributed by atoms with Gasteiger partial charge in [-0.25, -0.2) is 8.42 Å². The van der Waals surface area contributed by atoms with Crippen LogP contribution in [0.4, 0.5) is 0 Å². The number of methoxy groups -OCH3 is 2. The van der Waals surface area contributed by atoms with Gasteiger partial charge in [0.25, 0.3) is 10.0 Å². The summed E-state index contributed by atoms with van der Waals surface area (Å²) in [6, 6.07) is 17.3. The van der Waals surface area contributed by atoms with Crippen LogP contribution in [-0.4, -0.2) is 45.9 Å². The van der Waals surface area contributed by atoms with Crippen LogP contribution in [0.1, 0.15) is 11.1 Å². The van der Waals surface area contributed by atoms with E-state index < -0.39 is 10.0 Å². The predicted octanol–water partition coefficient (Wildman–Crippen LogP) is 3.81. The molecular formula is C23H24N2O4S. The molecule has 4 rings (SSSR count). The molecule has 0 saturated carbocycles. The lowest BCUT2D eigenvalue weighted by Gasteiger charge is -2.23. The van der Waals surface area contributed by atoms with E-state index in [1.54, 1.807) is 6.07 Å². The molecule has 0 bridgehead atoms. The molecule has 7 heteroatoms. The second-order valence-electron chi connectivity index (χ2n) is 7.16. The molecule has 0 N–H and O–H groups in total. The minimum absolute atomic E-state index is 0.0833. The fourth-order valence-corrected chi connectivity index (χ4v) is 5.45. The standard InChI is InChI=1S/C23H24N2O4S/c1-16-13-21(29-3)22(15-20(16)28-2)30(26,27)25-12-11-24-23(25)14-18-9-6-8-17-7-4-5-10-19(17)18/h4-10,13,15H,11-12,14H2,1-3H3. The molecule has 0 radical (unpaired) electrons. The van der Waals surface area contributed by atoms with Gasteiger partial charge in [-0.1, -0.05) is 42.5 Å². The van der Waals surface area contributed by atoms with Crippen LogP contribution < -0.4 is 9.47 Å². The summed E-state index contributed by atoms with van der Waals surface area (Å²) in [6.07, 6.45) is 0.436. The highest BCUT2D eigenvalue weighted by Gasteiger charge is 2.33. The highest BCUT2D eigenvalue weighted by molar-refractivity contribution is 7.89. The number of hydrogen-bond acceptors (Lipinski definition) is 5. The molecule has 0 unspecified atom stereocenters. The monoisotopic (exact) mass is 424 g/mol. The van der Waals surface area contributed by atoms with Gasteiger partial charge in [-0.3, -0.25) is 9.30 Å². The Labute approximate surface area is 176 Å². The number of rotatable bonds is 6. The molecule has 1 aliphatic rings.